The molecule has 1 N–H and O–H groups in total. The molecular formula is C6H6F3N3O2. The molecular weight excluding hydrogens is 203 g/mol. The van der Waals surface area contributed by atoms with Gasteiger partial charge in [-0.05, 0) is 6.92 Å². The van der Waals surface area contributed by atoms with Crippen LogP contribution in [0.1, 0.15) is 23.1 Å². The number of carbonyl (C=O) groups is 1. The standard InChI is InChI=1S/C6H6F3N3O2/c1-2-14-5(13)3-4(6(7,8)9)11-12-10-3/h2H2,1H3,(H,10,11,12). The van der Waals surface area contributed by atoms with Gasteiger partial charge in [-0.3, -0.25) is 0 Å². The van der Waals surface area contributed by atoms with Gasteiger partial charge in [-0.1, -0.05) is 0 Å². The Morgan fingerprint density at radius 2 is 2.14 bits per heavy atom. The van der Waals surface area contributed by atoms with Crippen LogP contribution in [0.3, 0.4) is 0 Å². The molecule has 0 aliphatic rings. The third kappa shape index (κ3) is 2.01. The average Bonchev–Trinajstić information content (AvgIpc) is 2.50. The topological polar surface area (TPSA) is 67.9 Å². The Morgan fingerprint density at radius 1 is 1.50 bits per heavy atom. The largest absolute Gasteiger partial charge is 0.461 e. The highest BCUT2D eigenvalue weighted by Gasteiger charge is 2.40. The number of nitrogens with one attached hydrogen (secondary N) is 1. The third-order valence-electron chi connectivity index (χ3n) is 1.29. The monoisotopic (exact) mass is 209 g/mol. The molecule has 0 fully saturated rings. The highest BCUT2D eigenvalue weighted by molar-refractivity contribution is 5.88. The van der Waals surface area contributed by atoms with Gasteiger partial charge in [0, 0.05) is 0 Å². The summed E-state index contributed by atoms with van der Waals surface area (Å²) in [6.45, 7) is 1.45. The van der Waals surface area contributed by atoms with Gasteiger partial charge in [-0.2, -0.15) is 23.5 Å². The van der Waals surface area contributed by atoms with Crippen LogP contribution in [-0.2, 0) is 10.9 Å². The third-order valence-corrected chi connectivity index (χ3v) is 1.29. The van der Waals surface area contributed by atoms with Gasteiger partial charge < -0.3 is 4.74 Å². The van der Waals surface area contributed by atoms with Crippen LogP contribution in [0, 0.1) is 0 Å². The Balaban J connectivity index is 2.99. The van der Waals surface area contributed by atoms with E-state index in [0.29, 0.717) is 0 Å². The smallest absolute Gasteiger partial charge is 0.437 e. The van der Waals surface area contributed by atoms with Gasteiger partial charge in [-0.15, -0.1) is 5.10 Å². The number of rotatable bonds is 2. The molecule has 14 heavy (non-hydrogen) atoms. The van der Waals surface area contributed by atoms with Crippen molar-refractivity contribution in [3.05, 3.63) is 11.4 Å². The summed E-state index contributed by atoms with van der Waals surface area (Å²) in [6, 6.07) is 0. The number of alkyl halides is 3. The van der Waals surface area contributed by atoms with Crippen molar-refractivity contribution in [2.75, 3.05) is 6.61 Å². The Labute approximate surface area is 76.2 Å². The molecule has 0 amide bonds. The number of carbonyl (C=O) groups excluding carboxylic acids is 1. The fourth-order valence-corrected chi connectivity index (χ4v) is 0.770. The first-order valence-electron chi connectivity index (χ1n) is 3.62. The lowest BCUT2D eigenvalue weighted by Crippen LogP contribution is -2.15. The molecule has 0 aromatic carbocycles. The van der Waals surface area contributed by atoms with Crippen LogP contribution in [0.2, 0.25) is 0 Å². The second kappa shape index (κ2) is 3.64. The summed E-state index contributed by atoms with van der Waals surface area (Å²) >= 11 is 0. The van der Waals surface area contributed by atoms with E-state index in [2.05, 4.69) is 14.9 Å². The minimum atomic E-state index is -4.71. The Hall–Kier alpha value is -1.60. The van der Waals surface area contributed by atoms with E-state index < -0.39 is 23.5 Å². The average molecular weight is 209 g/mol. The molecule has 78 valence electrons. The molecule has 1 rings (SSSR count). The van der Waals surface area contributed by atoms with E-state index in [1.807, 2.05) is 0 Å². The summed E-state index contributed by atoms with van der Waals surface area (Å²) in [5.74, 6) is -1.14. The van der Waals surface area contributed by atoms with Crippen LogP contribution < -0.4 is 0 Å². The minimum Gasteiger partial charge on any atom is -0.461 e. The van der Waals surface area contributed by atoms with E-state index in [0.717, 1.165) is 0 Å². The number of aromatic amines is 1. The summed E-state index contributed by atoms with van der Waals surface area (Å²) in [4.78, 5) is 10.9. The molecule has 8 heteroatoms. The maximum Gasteiger partial charge on any atom is 0.437 e. The molecule has 0 aliphatic heterocycles. The first kappa shape index (κ1) is 10.5. The summed E-state index contributed by atoms with van der Waals surface area (Å²) in [6.07, 6.45) is -4.71. The second-order valence-electron chi connectivity index (χ2n) is 2.24. The molecule has 0 atom stereocenters. The van der Waals surface area contributed by atoms with E-state index in [1.165, 1.54) is 6.92 Å². The Morgan fingerprint density at radius 3 is 2.64 bits per heavy atom. The van der Waals surface area contributed by atoms with Crippen LogP contribution in [0.15, 0.2) is 0 Å². The van der Waals surface area contributed by atoms with Crippen LogP contribution in [-0.4, -0.2) is 28.0 Å². The van der Waals surface area contributed by atoms with Crippen molar-refractivity contribution in [3.63, 3.8) is 0 Å². The molecule has 0 unspecified atom stereocenters. The maximum absolute atomic E-state index is 12.2. The molecule has 1 heterocycles. The lowest BCUT2D eigenvalue weighted by Gasteiger charge is -2.03. The van der Waals surface area contributed by atoms with Gasteiger partial charge in [0.2, 0.25) is 11.4 Å². The number of aromatic nitrogens is 3. The maximum atomic E-state index is 12.2. The van der Waals surface area contributed by atoms with Crippen molar-refractivity contribution in [1.82, 2.24) is 15.4 Å². The van der Waals surface area contributed by atoms with Crippen LogP contribution in [0.25, 0.3) is 0 Å². The molecule has 0 saturated heterocycles. The van der Waals surface area contributed by atoms with E-state index >= 15 is 0 Å². The number of hydrogen-bond donors (Lipinski definition) is 1. The number of nitrogens with zero attached hydrogens (tertiary/aromatic N) is 2. The highest BCUT2D eigenvalue weighted by Crippen LogP contribution is 2.29. The van der Waals surface area contributed by atoms with Crippen molar-refractivity contribution in [2.24, 2.45) is 0 Å². The molecule has 1 aromatic heterocycles. The summed E-state index contributed by atoms with van der Waals surface area (Å²) in [5, 5.41) is 7.62. The summed E-state index contributed by atoms with van der Waals surface area (Å²) < 4.78 is 40.8. The Bertz CT molecular complexity index is 333. The van der Waals surface area contributed by atoms with Gasteiger partial charge >= 0.3 is 12.1 Å². The zero-order chi connectivity index (χ0) is 10.8. The number of hydrogen-bond acceptors (Lipinski definition) is 4. The zero-order valence-electron chi connectivity index (χ0n) is 7.05. The molecule has 0 bridgehead atoms. The Kier molecular flexibility index (Phi) is 2.73. The van der Waals surface area contributed by atoms with Gasteiger partial charge in [0.15, 0.2) is 0 Å². The molecule has 0 radical (unpaired) electrons. The van der Waals surface area contributed by atoms with Crippen LogP contribution in [0.5, 0.6) is 0 Å². The molecule has 1 aromatic rings. The molecule has 0 aliphatic carbocycles. The van der Waals surface area contributed by atoms with E-state index in [9.17, 15) is 18.0 Å². The quantitative estimate of drug-likeness (QED) is 0.737. The van der Waals surface area contributed by atoms with Crippen LogP contribution in [0.4, 0.5) is 13.2 Å². The van der Waals surface area contributed by atoms with Gasteiger partial charge in [0.1, 0.15) is 0 Å². The van der Waals surface area contributed by atoms with E-state index in [4.69, 9.17) is 0 Å². The number of H-pyrrole nitrogens is 1. The lowest BCUT2D eigenvalue weighted by atomic mass is 10.3. The van der Waals surface area contributed by atoms with E-state index in [-0.39, 0.29) is 6.61 Å². The van der Waals surface area contributed by atoms with Crippen molar-refractivity contribution >= 4 is 5.97 Å². The zero-order valence-corrected chi connectivity index (χ0v) is 7.05. The number of ether oxygens (including phenoxy) is 1. The fourth-order valence-electron chi connectivity index (χ4n) is 0.770. The predicted molar refractivity (Wildman–Crippen MR) is 37.3 cm³/mol. The van der Waals surface area contributed by atoms with Gasteiger partial charge in [0.25, 0.3) is 0 Å². The second-order valence-corrected chi connectivity index (χ2v) is 2.24. The van der Waals surface area contributed by atoms with Crippen molar-refractivity contribution in [2.45, 2.75) is 13.1 Å². The normalized spacial score (nSPS) is 11.4. The fraction of sp³-hybridized carbons (Fsp3) is 0.500. The summed E-state index contributed by atoms with van der Waals surface area (Å²) in [7, 11) is 0. The van der Waals surface area contributed by atoms with Crippen molar-refractivity contribution in [1.29, 1.82) is 0 Å². The van der Waals surface area contributed by atoms with Gasteiger partial charge in [-0.25, -0.2) is 4.79 Å². The predicted octanol–water partition coefficient (Wildman–Crippen LogP) is 1.00. The molecule has 5 nitrogen and oxygen atoms in total. The highest BCUT2D eigenvalue weighted by atomic mass is 19.4. The molecule has 0 spiro atoms. The number of esters is 1. The molecule has 0 saturated carbocycles. The number of halogens is 3. The van der Waals surface area contributed by atoms with Crippen molar-refractivity contribution in [3.8, 4) is 0 Å². The lowest BCUT2D eigenvalue weighted by molar-refractivity contribution is -0.141. The van der Waals surface area contributed by atoms with Crippen LogP contribution >= 0.6 is 0 Å². The first-order chi connectivity index (χ1) is 6.46. The first-order valence-corrected chi connectivity index (χ1v) is 3.62. The van der Waals surface area contributed by atoms with Crippen molar-refractivity contribution < 1.29 is 22.7 Å². The SMILES string of the molecule is CCOC(=O)c1n[nH]nc1C(F)(F)F. The minimum absolute atomic E-state index is 0.0248. The van der Waals surface area contributed by atoms with Gasteiger partial charge in [0.05, 0.1) is 6.61 Å². The van der Waals surface area contributed by atoms with E-state index in [1.54, 1.807) is 5.21 Å². The summed E-state index contributed by atoms with van der Waals surface area (Å²) in [5.41, 5.74) is -2.21.